The third-order valence-corrected chi connectivity index (χ3v) is 3.53. The van der Waals surface area contributed by atoms with Crippen molar-refractivity contribution in [2.75, 3.05) is 5.32 Å². The number of hydrogen-bond donors (Lipinski definition) is 2. The molecular weight excluding hydrogens is 284 g/mol. The molecular formula is C20H18N2O. The summed E-state index contributed by atoms with van der Waals surface area (Å²) in [5.41, 5.74) is 2.60. The molecule has 23 heavy (non-hydrogen) atoms. The molecule has 0 spiro atoms. The standard InChI is InChI=1S/C20H18N2O/c23-20(17-12-6-2-7-13-17)22-19(16-10-4-1-5-11-16)21-18-14-8-3-9-15-18/h1-15,19,21H,(H,22,23). The fourth-order valence-electron chi connectivity index (χ4n) is 2.35. The average Bonchev–Trinajstić information content (AvgIpc) is 2.63. The lowest BCUT2D eigenvalue weighted by Crippen LogP contribution is -2.33. The number of benzene rings is 3. The van der Waals surface area contributed by atoms with Crippen LogP contribution in [-0.4, -0.2) is 5.91 Å². The van der Waals surface area contributed by atoms with Crippen LogP contribution in [0.25, 0.3) is 0 Å². The molecule has 0 radical (unpaired) electrons. The van der Waals surface area contributed by atoms with Gasteiger partial charge in [-0.3, -0.25) is 4.79 Å². The van der Waals surface area contributed by atoms with Crippen LogP contribution in [0, 0.1) is 0 Å². The normalized spacial score (nSPS) is 11.5. The van der Waals surface area contributed by atoms with Crippen molar-refractivity contribution in [3.8, 4) is 0 Å². The van der Waals surface area contributed by atoms with Gasteiger partial charge in [-0.15, -0.1) is 0 Å². The third kappa shape index (κ3) is 3.98. The largest absolute Gasteiger partial charge is 0.362 e. The number of carbonyl (C=O) groups is 1. The first-order valence-corrected chi connectivity index (χ1v) is 7.55. The predicted octanol–water partition coefficient (Wildman–Crippen LogP) is 4.23. The van der Waals surface area contributed by atoms with E-state index in [0.717, 1.165) is 11.3 Å². The number of hydrogen-bond acceptors (Lipinski definition) is 2. The third-order valence-electron chi connectivity index (χ3n) is 3.53. The molecule has 0 aliphatic carbocycles. The van der Waals surface area contributed by atoms with E-state index in [9.17, 15) is 4.79 Å². The molecule has 0 aliphatic heterocycles. The van der Waals surface area contributed by atoms with Crippen LogP contribution in [-0.2, 0) is 0 Å². The van der Waals surface area contributed by atoms with Gasteiger partial charge in [0.1, 0.15) is 6.17 Å². The molecule has 1 atom stereocenters. The quantitative estimate of drug-likeness (QED) is 0.693. The van der Waals surface area contributed by atoms with Crippen LogP contribution in [0.1, 0.15) is 22.1 Å². The number of carbonyl (C=O) groups excluding carboxylic acids is 1. The molecule has 0 saturated heterocycles. The van der Waals surface area contributed by atoms with Gasteiger partial charge in [0.05, 0.1) is 0 Å². The second kappa shape index (κ2) is 7.27. The minimum absolute atomic E-state index is 0.108. The Morgan fingerprint density at radius 2 is 1.22 bits per heavy atom. The van der Waals surface area contributed by atoms with Crippen LogP contribution in [0.3, 0.4) is 0 Å². The lowest BCUT2D eigenvalue weighted by Gasteiger charge is -2.22. The van der Waals surface area contributed by atoms with E-state index >= 15 is 0 Å². The smallest absolute Gasteiger partial charge is 0.253 e. The van der Waals surface area contributed by atoms with E-state index in [1.807, 2.05) is 78.9 Å². The van der Waals surface area contributed by atoms with Crippen molar-refractivity contribution in [1.29, 1.82) is 0 Å². The number of nitrogens with one attached hydrogen (secondary N) is 2. The van der Waals surface area contributed by atoms with Gasteiger partial charge in [0, 0.05) is 11.3 Å². The highest BCUT2D eigenvalue weighted by Crippen LogP contribution is 2.17. The maximum absolute atomic E-state index is 12.5. The molecule has 0 saturated carbocycles. The van der Waals surface area contributed by atoms with Crippen LogP contribution in [0.2, 0.25) is 0 Å². The highest BCUT2D eigenvalue weighted by molar-refractivity contribution is 5.94. The van der Waals surface area contributed by atoms with Crippen molar-refractivity contribution in [3.05, 3.63) is 102 Å². The van der Waals surface area contributed by atoms with Crippen LogP contribution in [0.5, 0.6) is 0 Å². The summed E-state index contributed by atoms with van der Waals surface area (Å²) in [6.07, 6.45) is -0.300. The summed E-state index contributed by atoms with van der Waals surface area (Å²) < 4.78 is 0. The number of rotatable bonds is 5. The van der Waals surface area contributed by atoms with E-state index in [0.29, 0.717) is 5.56 Å². The first kappa shape index (κ1) is 14.9. The lowest BCUT2D eigenvalue weighted by molar-refractivity contribution is 0.0941. The summed E-state index contributed by atoms with van der Waals surface area (Å²) in [5, 5.41) is 6.41. The summed E-state index contributed by atoms with van der Waals surface area (Å²) in [6, 6.07) is 28.9. The highest BCUT2D eigenvalue weighted by Gasteiger charge is 2.15. The molecule has 3 aromatic rings. The summed E-state index contributed by atoms with van der Waals surface area (Å²) in [6.45, 7) is 0. The van der Waals surface area contributed by atoms with Gasteiger partial charge >= 0.3 is 0 Å². The Balaban J connectivity index is 1.82. The lowest BCUT2D eigenvalue weighted by atomic mass is 10.1. The summed E-state index contributed by atoms with van der Waals surface area (Å²) >= 11 is 0. The Morgan fingerprint density at radius 3 is 1.83 bits per heavy atom. The van der Waals surface area contributed by atoms with E-state index in [-0.39, 0.29) is 12.1 Å². The first-order chi connectivity index (χ1) is 11.3. The van der Waals surface area contributed by atoms with Gasteiger partial charge in [0.25, 0.3) is 5.91 Å². The number of amides is 1. The van der Waals surface area contributed by atoms with E-state index in [1.165, 1.54) is 0 Å². The zero-order chi connectivity index (χ0) is 15.9. The molecule has 3 aromatic carbocycles. The Labute approximate surface area is 136 Å². The van der Waals surface area contributed by atoms with Crippen molar-refractivity contribution < 1.29 is 4.79 Å². The molecule has 0 aromatic heterocycles. The Morgan fingerprint density at radius 1 is 0.696 bits per heavy atom. The molecule has 0 aliphatic rings. The second-order valence-electron chi connectivity index (χ2n) is 5.19. The van der Waals surface area contributed by atoms with E-state index < -0.39 is 0 Å². The van der Waals surface area contributed by atoms with E-state index in [2.05, 4.69) is 10.6 Å². The number of para-hydroxylation sites is 1. The van der Waals surface area contributed by atoms with Gasteiger partial charge in [-0.25, -0.2) is 0 Å². The molecule has 0 heterocycles. The maximum atomic E-state index is 12.5. The molecule has 0 fully saturated rings. The van der Waals surface area contributed by atoms with Gasteiger partial charge in [0.2, 0.25) is 0 Å². The van der Waals surface area contributed by atoms with Crippen LogP contribution < -0.4 is 10.6 Å². The van der Waals surface area contributed by atoms with Crippen molar-refractivity contribution in [1.82, 2.24) is 5.32 Å². The average molecular weight is 302 g/mol. The van der Waals surface area contributed by atoms with Crippen LogP contribution in [0.15, 0.2) is 91.0 Å². The van der Waals surface area contributed by atoms with Crippen molar-refractivity contribution in [2.24, 2.45) is 0 Å². The van der Waals surface area contributed by atoms with Crippen molar-refractivity contribution in [3.63, 3.8) is 0 Å². The number of anilines is 1. The molecule has 0 bridgehead atoms. The minimum Gasteiger partial charge on any atom is -0.362 e. The topological polar surface area (TPSA) is 41.1 Å². The molecule has 3 heteroatoms. The summed E-state index contributed by atoms with van der Waals surface area (Å²) in [7, 11) is 0. The Bertz CT molecular complexity index is 742. The van der Waals surface area contributed by atoms with E-state index in [1.54, 1.807) is 12.1 Å². The zero-order valence-corrected chi connectivity index (χ0v) is 12.6. The predicted molar refractivity (Wildman–Crippen MR) is 93.2 cm³/mol. The summed E-state index contributed by atoms with van der Waals surface area (Å²) in [5.74, 6) is -0.108. The van der Waals surface area contributed by atoms with Crippen molar-refractivity contribution in [2.45, 2.75) is 6.17 Å². The van der Waals surface area contributed by atoms with Gasteiger partial charge in [-0.1, -0.05) is 66.7 Å². The Kier molecular flexibility index (Phi) is 4.69. The van der Waals surface area contributed by atoms with E-state index in [4.69, 9.17) is 0 Å². The zero-order valence-electron chi connectivity index (χ0n) is 12.6. The van der Waals surface area contributed by atoms with Gasteiger partial charge in [-0.2, -0.15) is 0 Å². The highest BCUT2D eigenvalue weighted by atomic mass is 16.1. The monoisotopic (exact) mass is 302 g/mol. The van der Waals surface area contributed by atoms with Gasteiger partial charge < -0.3 is 10.6 Å². The van der Waals surface area contributed by atoms with Crippen molar-refractivity contribution >= 4 is 11.6 Å². The molecule has 1 unspecified atom stereocenters. The first-order valence-electron chi connectivity index (χ1n) is 7.55. The Hall–Kier alpha value is -3.07. The molecule has 3 rings (SSSR count). The minimum atomic E-state index is -0.300. The molecule has 3 nitrogen and oxygen atoms in total. The SMILES string of the molecule is O=C(NC(Nc1ccccc1)c1ccccc1)c1ccccc1. The fraction of sp³-hybridized carbons (Fsp3) is 0.0500. The maximum Gasteiger partial charge on any atom is 0.253 e. The molecule has 2 N–H and O–H groups in total. The molecule has 114 valence electrons. The molecule has 1 amide bonds. The van der Waals surface area contributed by atoms with Crippen LogP contribution in [0.4, 0.5) is 5.69 Å². The fourth-order valence-corrected chi connectivity index (χ4v) is 2.35. The van der Waals surface area contributed by atoms with Gasteiger partial charge in [-0.05, 0) is 29.8 Å². The van der Waals surface area contributed by atoms with Crippen LogP contribution >= 0.6 is 0 Å². The summed E-state index contributed by atoms with van der Waals surface area (Å²) in [4.78, 5) is 12.5. The second-order valence-corrected chi connectivity index (χ2v) is 5.19. The van der Waals surface area contributed by atoms with Gasteiger partial charge in [0.15, 0.2) is 0 Å².